The Kier molecular flexibility index (Phi) is 11.8. The molecule has 0 bridgehead atoms. The van der Waals surface area contributed by atoms with Crippen molar-refractivity contribution in [1.82, 2.24) is 4.57 Å². The van der Waals surface area contributed by atoms with Gasteiger partial charge in [0.15, 0.2) is 5.75 Å². The number of fused-ring (bicyclic) bond motifs is 1. The fourth-order valence-electron chi connectivity index (χ4n) is 4.42. The van der Waals surface area contributed by atoms with Crippen LogP contribution in [-0.2, 0) is 11.3 Å². The molecule has 0 aliphatic rings. The maximum atomic E-state index is 13.5. The highest BCUT2D eigenvalue weighted by atomic mass is 16.5. The van der Waals surface area contributed by atoms with Crippen molar-refractivity contribution in [2.75, 3.05) is 11.9 Å². The number of nitrogens with zero attached hydrogens (tertiary/aromatic N) is 1. The van der Waals surface area contributed by atoms with Gasteiger partial charge < -0.3 is 19.7 Å². The van der Waals surface area contributed by atoms with E-state index in [1.165, 1.54) is 17.2 Å². The van der Waals surface area contributed by atoms with Gasteiger partial charge in [0.05, 0.1) is 5.52 Å². The van der Waals surface area contributed by atoms with Crippen LogP contribution in [0.3, 0.4) is 0 Å². The molecule has 6 nitrogen and oxygen atoms in total. The van der Waals surface area contributed by atoms with Crippen LogP contribution in [0.25, 0.3) is 17.0 Å². The number of benzene rings is 2. The number of carbonyl (C=O) groups excluding carboxylic acids is 1. The zero-order chi connectivity index (χ0) is 28.9. The van der Waals surface area contributed by atoms with E-state index in [1.54, 1.807) is 28.8 Å². The normalized spacial score (nSPS) is 11.7. The summed E-state index contributed by atoms with van der Waals surface area (Å²) in [4.78, 5) is 26.1. The summed E-state index contributed by atoms with van der Waals surface area (Å²) < 4.78 is 7.51. The highest BCUT2D eigenvalue weighted by Gasteiger charge is 2.18. The highest BCUT2D eigenvalue weighted by molar-refractivity contribution is 6.03. The largest absolute Gasteiger partial charge is 0.504 e. The van der Waals surface area contributed by atoms with Crippen molar-refractivity contribution in [3.05, 3.63) is 93.8 Å². The minimum absolute atomic E-state index is 0.0427. The van der Waals surface area contributed by atoms with Gasteiger partial charge in [-0.15, -0.1) is 0 Å². The second kappa shape index (κ2) is 15.5. The third kappa shape index (κ3) is 9.01. The van der Waals surface area contributed by atoms with Gasteiger partial charge in [-0.25, -0.2) is 0 Å². The van der Waals surface area contributed by atoms with Crippen LogP contribution in [-0.4, -0.2) is 22.2 Å². The van der Waals surface area contributed by atoms with Crippen LogP contribution in [0.2, 0.25) is 0 Å². The van der Waals surface area contributed by atoms with Crippen molar-refractivity contribution in [2.45, 2.75) is 72.8 Å². The summed E-state index contributed by atoms with van der Waals surface area (Å²) in [5.74, 6) is -0.503. The maximum absolute atomic E-state index is 13.5. The lowest BCUT2D eigenvalue weighted by atomic mass is 10.1. The number of aromatic hydroxyl groups is 1. The fourth-order valence-corrected chi connectivity index (χ4v) is 4.42. The molecule has 212 valence electrons. The number of allylic oxidation sites excluding steroid dienone is 3. The molecule has 0 aliphatic heterocycles. The minimum Gasteiger partial charge on any atom is -0.504 e. The number of ether oxygens (including phenoxy) is 1. The third-order valence-electron chi connectivity index (χ3n) is 6.68. The van der Waals surface area contributed by atoms with Gasteiger partial charge in [0.1, 0.15) is 6.61 Å². The van der Waals surface area contributed by atoms with E-state index >= 15 is 0 Å². The average molecular weight is 543 g/mol. The van der Waals surface area contributed by atoms with Gasteiger partial charge in [-0.3, -0.25) is 9.59 Å². The SMILES string of the molecule is CCCCCCn1c(=O)c(OCC=C(C)CCC=C(C)C)c(O)c2ccc(NC(=O)C=Cc3ccccc3)cc21. The first-order valence-electron chi connectivity index (χ1n) is 14.2. The number of hydrogen-bond donors (Lipinski definition) is 2. The van der Waals surface area contributed by atoms with E-state index < -0.39 is 0 Å². The molecule has 0 spiro atoms. The highest BCUT2D eigenvalue weighted by Crippen LogP contribution is 2.33. The lowest BCUT2D eigenvalue weighted by Gasteiger charge is -2.16. The summed E-state index contributed by atoms with van der Waals surface area (Å²) in [5.41, 5.74) is 4.11. The van der Waals surface area contributed by atoms with Crippen molar-refractivity contribution >= 4 is 28.6 Å². The Morgan fingerprint density at radius 2 is 1.80 bits per heavy atom. The molecular formula is C34H42N2O4. The molecule has 0 aliphatic carbocycles. The summed E-state index contributed by atoms with van der Waals surface area (Å²) in [7, 11) is 0. The Bertz CT molecular complexity index is 1430. The summed E-state index contributed by atoms with van der Waals surface area (Å²) >= 11 is 0. The number of anilines is 1. The predicted molar refractivity (Wildman–Crippen MR) is 166 cm³/mol. The molecule has 0 atom stereocenters. The monoisotopic (exact) mass is 542 g/mol. The van der Waals surface area contributed by atoms with Gasteiger partial charge in [0, 0.05) is 23.7 Å². The molecule has 1 heterocycles. The second-order valence-electron chi connectivity index (χ2n) is 10.3. The molecule has 0 saturated carbocycles. The van der Waals surface area contributed by atoms with Crippen molar-refractivity contribution in [2.24, 2.45) is 0 Å². The van der Waals surface area contributed by atoms with Crippen LogP contribution in [0.15, 0.2) is 82.7 Å². The summed E-state index contributed by atoms with van der Waals surface area (Å²) in [5, 5.41) is 14.4. The predicted octanol–water partition coefficient (Wildman–Crippen LogP) is 8.01. The van der Waals surface area contributed by atoms with E-state index in [9.17, 15) is 14.7 Å². The quantitative estimate of drug-likeness (QED) is 0.123. The Balaban J connectivity index is 1.86. The van der Waals surface area contributed by atoms with E-state index in [2.05, 4.69) is 32.2 Å². The summed E-state index contributed by atoms with van der Waals surface area (Å²) in [6, 6.07) is 14.8. The van der Waals surface area contributed by atoms with Crippen LogP contribution in [0.1, 0.15) is 71.8 Å². The van der Waals surface area contributed by atoms with Crippen LogP contribution in [0, 0.1) is 0 Å². The Hall–Kier alpha value is -4.06. The lowest BCUT2D eigenvalue weighted by Crippen LogP contribution is -2.23. The smallest absolute Gasteiger partial charge is 0.297 e. The van der Waals surface area contributed by atoms with E-state index in [4.69, 9.17) is 4.74 Å². The third-order valence-corrected chi connectivity index (χ3v) is 6.68. The number of rotatable bonds is 14. The zero-order valence-electron chi connectivity index (χ0n) is 24.2. The van der Waals surface area contributed by atoms with E-state index in [-0.39, 0.29) is 29.6 Å². The number of aromatic nitrogens is 1. The number of nitrogens with one attached hydrogen (secondary N) is 1. The second-order valence-corrected chi connectivity index (χ2v) is 10.3. The van der Waals surface area contributed by atoms with Crippen molar-refractivity contribution < 1.29 is 14.6 Å². The molecule has 0 fully saturated rings. The van der Waals surface area contributed by atoms with Crippen molar-refractivity contribution in [3.63, 3.8) is 0 Å². The number of pyridine rings is 1. The standard InChI is InChI=1S/C34H42N2O4/c1-5-6-7-11-22-36-30-24-28(35-31(37)20-17-27-15-9-8-10-16-27)18-19-29(30)32(38)33(34(36)39)40-23-21-26(4)14-12-13-25(2)3/h8-10,13,15-21,24,38H,5-7,11-12,14,22-23H2,1-4H3,(H,35,37). The van der Waals surface area contributed by atoms with Crippen LogP contribution in [0.5, 0.6) is 11.5 Å². The number of carbonyl (C=O) groups is 1. The molecule has 3 rings (SSSR count). The number of hydrogen-bond acceptors (Lipinski definition) is 4. The fraction of sp³-hybridized carbons (Fsp3) is 0.353. The topological polar surface area (TPSA) is 80.6 Å². The van der Waals surface area contributed by atoms with Gasteiger partial charge in [-0.05, 0) is 75.9 Å². The maximum Gasteiger partial charge on any atom is 0.297 e. The molecule has 1 amide bonds. The molecule has 3 aromatic rings. The molecular weight excluding hydrogens is 500 g/mol. The van der Waals surface area contributed by atoms with Crippen LogP contribution >= 0.6 is 0 Å². The summed E-state index contributed by atoms with van der Waals surface area (Å²) in [6.45, 7) is 9.04. The first kappa shape index (κ1) is 30.5. The molecule has 2 aromatic carbocycles. The lowest BCUT2D eigenvalue weighted by molar-refractivity contribution is -0.111. The van der Waals surface area contributed by atoms with Crippen LogP contribution < -0.4 is 15.6 Å². The van der Waals surface area contributed by atoms with Gasteiger partial charge in [-0.2, -0.15) is 0 Å². The number of aryl methyl sites for hydroxylation is 1. The van der Waals surface area contributed by atoms with Gasteiger partial charge in [0.25, 0.3) is 5.56 Å². The average Bonchev–Trinajstić information content (AvgIpc) is 2.93. The molecule has 0 radical (unpaired) electrons. The van der Waals surface area contributed by atoms with E-state index in [1.807, 2.05) is 43.3 Å². The first-order chi connectivity index (χ1) is 19.3. The molecule has 1 aromatic heterocycles. The van der Waals surface area contributed by atoms with Crippen molar-refractivity contribution in [3.8, 4) is 11.5 Å². The van der Waals surface area contributed by atoms with Gasteiger partial charge in [0.2, 0.25) is 11.7 Å². The van der Waals surface area contributed by atoms with E-state index in [0.29, 0.717) is 23.1 Å². The molecule has 2 N–H and O–H groups in total. The Labute approximate surface area is 237 Å². The molecule has 6 heteroatoms. The van der Waals surface area contributed by atoms with E-state index in [0.717, 1.165) is 44.1 Å². The number of unbranched alkanes of at least 4 members (excludes halogenated alkanes) is 3. The molecule has 40 heavy (non-hydrogen) atoms. The Morgan fingerprint density at radius 1 is 1.02 bits per heavy atom. The number of amides is 1. The van der Waals surface area contributed by atoms with Crippen molar-refractivity contribution in [1.29, 1.82) is 0 Å². The van der Waals surface area contributed by atoms with Gasteiger partial charge in [-0.1, -0.05) is 73.7 Å². The van der Waals surface area contributed by atoms with Gasteiger partial charge >= 0.3 is 0 Å². The molecule has 0 saturated heterocycles. The van der Waals surface area contributed by atoms with Crippen LogP contribution in [0.4, 0.5) is 5.69 Å². The summed E-state index contributed by atoms with van der Waals surface area (Å²) in [6.07, 6.45) is 13.2. The zero-order valence-corrected chi connectivity index (χ0v) is 24.2. The Morgan fingerprint density at radius 3 is 2.52 bits per heavy atom. The minimum atomic E-state index is -0.371. The first-order valence-corrected chi connectivity index (χ1v) is 14.2. The molecule has 0 unspecified atom stereocenters.